The molecule has 2 N–H and O–H groups in total. The first-order valence-corrected chi connectivity index (χ1v) is 7.94. The minimum Gasteiger partial charge on any atom is -0.329 e. The van der Waals surface area contributed by atoms with Crippen molar-refractivity contribution in [3.05, 3.63) is 69.4 Å². The fourth-order valence-corrected chi connectivity index (χ4v) is 3.25. The molecule has 110 valence electrons. The van der Waals surface area contributed by atoms with Gasteiger partial charge in [-0.25, -0.2) is 4.39 Å². The minimum absolute atomic E-state index is 0.0564. The first kappa shape index (κ1) is 14.7. The summed E-state index contributed by atoms with van der Waals surface area (Å²) in [7, 11) is 0. The topological polar surface area (TPSA) is 29.3 Å². The summed E-state index contributed by atoms with van der Waals surface area (Å²) < 4.78 is 14.3. The molecule has 1 unspecified atom stereocenters. The molecule has 0 spiro atoms. The Morgan fingerprint density at radius 3 is 2.67 bits per heavy atom. The SMILES string of the molecule is NCC(c1ccc(Br)c(F)c1)N1CCc2ccccc2C1. The first-order valence-electron chi connectivity index (χ1n) is 7.15. The average Bonchev–Trinajstić information content (AvgIpc) is 2.51. The molecule has 1 heterocycles. The van der Waals surface area contributed by atoms with Crippen molar-refractivity contribution in [3.63, 3.8) is 0 Å². The van der Waals surface area contributed by atoms with Crippen LogP contribution in [0.25, 0.3) is 0 Å². The highest BCUT2D eigenvalue weighted by molar-refractivity contribution is 9.10. The van der Waals surface area contributed by atoms with Gasteiger partial charge in [0.15, 0.2) is 0 Å². The van der Waals surface area contributed by atoms with Crippen LogP contribution in [-0.2, 0) is 13.0 Å². The van der Waals surface area contributed by atoms with Gasteiger partial charge in [0.05, 0.1) is 4.47 Å². The van der Waals surface area contributed by atoms with Crippen molar-refractivity contribution in [3.8, 4) is 0 Å². The number of fused-ring (bicyclic) bond motifs is 1. The van der Waals surface area contributed by atoms with Crippen molar-refractivity contribution in [2.45, 2.75) is 19.0 Å². The molecule has 1 aliphatic heterocycles. The van der Waals surface area contributed by atoms with Crippen LogP contribution >= 0.6 is 15.9 Å². The van der Waals surface area contributed by atoms with Crippen LogP contribution in [0, 0.1) is 5.82 Å². The molecule has 0 radical (unpaired) electrons. The van der Waals surface area contributed by atoms with Gasteiger partial charge in [0.1, 0.15) is 5.82 Å². The molecule has 0 aromatic heterocycles. The standard InChI is InChI=1S/C17H18BrFN2/c18-15-6-5-13(9-16(15)19)17(10-20)21-8-7-12-3-1-2-4-14(12)11-21/h1-6,9,17H,7-8,10-11,20H2. The van der Waals surface area contributed by atoms with Crippen molar-refractivity contribution in [2.75, 3.05) is 13.1 Å². The third kappa shape index (κ3) is 3.03. The molecule has 2 aromatic carbocycles. The van der Waals surface area contributed by atoms with E-state index in [9.17, 15) is 4.39 Å². The molecule has 0 saturated heterocycles. The number of rotatable bonds is 3. The molecular formula is C17H18BrFN2. The van der Waals surface area contributed by atoms with E-state index < -0.39 is 0 Å². The average molecular weight is 349 g/mol. The molecule has 0 amide bonds. The van der Waals surface area contributed by atoms with E-state index in [1.54, 1.807) is 12.1 Å². The van der Waals surface area contributed by atoms with Crippen LogP contribution in [0.3, 0.4) is 0 Å². The van der Waals surface area contributed by atoms with E-state index in [4.69, 9.17) is 5.73 Å². The highest BCUT2D eigenvalue weighted by Crippen LogP contribution is 2.29. The fourth-order valence-electron chi connectivity index (χ4n) is 3.00. The van der Waals surface area contributed by atoms with Gasteiger partial charge < -0.3 is 5.73 Å². The molecule has 2 aromatic rings. The van der Waals surface area contributed by atoms with Gasteiger partial charge in [0.25, 0.3) is 0 Å². The molecule has 2 nitrogen and oxygen atoms in total. The molecule has 0 aliphatic carbocycles. The lowest BCUT2D eigenvalue weighted by atomic mass is 9.96. The van der Waals surface area contributed by atoms with Crippen LogP contribution in [0.1, 0.15) is 22.7 Å². The minimum atomic E-state index is -0.233. The Labute approximate surface area is 132 Å². The van der Waals surface area contributed by atoms with Crippen LogP contribution < -0.4 is 5.73 Å². The fraction of sp³-hybridized carbons (Fsp3) is 0.294. The van der Waals surface area contributed by atoms with E-state index in [1.807, 2.05) is 6.07 Å². The second-order valence-electron chi connectivity index (χ2n) is 5.41. The summed E-state index contributed by atoms with van der Waals surface area (Å²) in [6, 6.07) is 13.8. The van der Waals surface area contributed by atoms with E-state index in [0.29, 0.717) is 11.0 Å². The van der Waals surface area contributed by atoms with Crippen molar-refractivity contribution in [1.29, 1.82) is 0 Å². The van der Waals surface area contributed by atoms with Gasteiger partial charge in [-0.15, -0.1) is 0 Å². The molecule has 21 heavy (non-hydrogen) atoms. The van der Waals surface area contributed by atoms with E-state index in [0.717, 1.165) is 25.1 Å². The largest absolute Gasteiger partial charge is 0.329 e. The molecule has 0 fully saturated rings. The Balaban J connectivity index is 1.86. The number of benzene rings is 2. The Morgan fingerprint density at radius 2 is 1.95 bits per heavy atom. The summed E-state index contributed by atoms with van der Waals surface area (Å²) in [5.41, 5.74) is 9.67. The number of nitrogens with zero attached hydrogens (tertiary/aromatic N) is 1. The van der Waals surface area contributed by atoms with Crippen LogP contribution in [0.5, 0.6) is 0 Å². The number of nitrogens with two attached hydrogens (primary N) is 1. The van der Waals surface area contributed by atoms with E-state index in [2.05, 4.69) is 45.1 Å². The highest BCUT2D eigenvalue weighted by atomic mass is 79.9. The molecule has 0 saturated carbocycles. The van der Waals surface area contributed by atoms with E-state index >= 15 is 0 Å². The van der Waals surface area contributed by atoms with Gasteiger partial charge in [0, 0.05) is 25.7 Å². The Hall–Kier alpha value is -1.23. The third-order valence-electron chi connectivity index (χ3n) is 4.15. The lowest BCUT2D eigenvalue weighted by Crippen LogP contribution is -2.37. The van der Waals surface area contributed by atoms with Crippen molar-refractivity contribution >= 4 is 15.9 Å². The van der Waals surface area contributed by atoms with Gasteiger partial charge in [-0.1, -0.05) is 30.3 Å². The van der Waals surface area contributed by atoms with E-state index in [1.165, 1.54) is 11.1 Å². The summed E-state index contributed by atoms with van der Waals surface area (Å²) in [5, 5.41) is 0. The van der Waals surface area contributed by atoms with Crippen LogP contribution in [0.4, 0.5) is 4.39 Å². The lowest BCUT2D eigenvalue weighted by Gasteiger charge is -2.35. The summed E-state index contributed by atoms with van der Waals surface area (Å²) in [5.74, 6) is -0.233. The van der Waals surface area contributed by atoms with Crippen LogP contribution in [0.15, 0.2) is 46.9 Å². The number of hydrogen-bond acceptors (Lipinski definition) is 2. The van der Waals surface area contributed by atoms with Gasteiger partial charge >= 0.3 is 0 Å². The predicted octanol–water partition coefficient (Wildman–Crippen LogP) is 3.65. The summed E-state index contributed by atoms with van der Waals surface area (Å²) in [6.07, 6.45) is 1.02. The molecule has 4 heteroatoms. The lowest BCUT2D eigenvalue weighted by molar-refractivity contribution is 0.183. The highest BCUT2D eigenvalue weighted by Gasteiger charge is 2.24. The van der Waals surface area contributed by atoms with Crippen molar-refractivity contribution < 1.29 is 4.39 Å². The second-order valence-corrected chi connectivity index (χ2v) is 6.27. The van der Waals surface area contributed by atoms with Crippen molar-refractivity contribution in [1.82, 2.24) is 4.90 Å². The quantitative estimate of drug-likeness (QED) is 0.917. The van der Waals surface area contributed by atoms with Crippen LogP contribution in [0.2, 0.25) is 0 Å². The molecule has 3 rings (SSSR count). The second kappa shape index (κ2) is 6.26. The maximum atomic E-state index is 13.8. The molecular weight excluding hydrogens is 331 g/mol. The summed E-state index contributed by atoms with van der Waals surface area (Å²) in [4.78, 5) is 2.34. The Morgan fingerprint density at radius 1 is 1.19 bits per heavy atom. The first-order chi connectivity index (χ1) is 10.2. The van der Waals surface area contributed by atoms with Crippen molar-refractivity contribution in [2.24, 2.45) is 5.73 Å². The Bertz CT molecular complexity index is 644. The summed E-state index contributed by atoms with van der Waals surface area (Å²) >= 11 is 3.20. The third-order valence-corrected chi connectivity index (χ3v) is 4.80. The Kier molecular flexibility index (Phi) is 4.38. The molecule has 0 bridgehead atoms. The van der Waals surface area contributed by atoms with E-state index in [-0.39, 0.29) is 11.9 Å². The maximum Gasteiger partial charge on any atom is 0.137 e. The monoisotopic (exact) mass is 348 g/mol. The smallest absolute Gasteiger partial charge is 0.137 e. The summed E-state index contributed by atoms with van der Waals surface area (Å²) in [6.45, 7) is 2.32. The number of halogens is 2. The zero-order valence-corrected chi connectivity index (χ0v) is 13.3. The zero-order chi connectivity index (χ0) is 14.8. The maximum absolute atomic E-state index is 13.8. The normalized spacial score (nSPS) is 16.5. The van der Waals surface area contributed by atoms with Crippen LogP contribution in [-0.4, -0.2) is 18.0 Å². The zero-order valence-electron chi connectivity index (χ0n) is 11.7. The van der Waals surface area contributed by atoms with Gasteiger partial charge in [-0.05, 0) is 51.2 Å². The van der Waals surface area contributed by atoms with Gasteiger partial charge in [-0.3, -0.25) is 4.90 Å². The van der Waals surface area contributed by atoms with Gasteiger partial charge in [-0.2, -0.15) is 0 Å². The molecule has 1 atom stereocenters. The number of hydrogen-bond donors (Lipinski definition) is 1. The molecule has 1 aliphatic rings. The van der Waals surface area contributed by atoms with Gasteiger partial charge in [0.2, 0.25) is 0 Å². The predicted molar refractivity (Wildman–Crippen MR) is 86.5 cm³/mol.